The standard InChI is InChI=1S/C22H15Cl2N3O6/c1-32-20-10-13(12-25-26-21(28)14-3-6-16(7-4-14)27(30)31)2-9-19(20)33-22(29)15-5-8-17(23)18(24)11-15/h2-12H,1H3,(H,26,28)/b25-12-. The molecule has 3 aromatic carbocycles. The maximum atomic E-state index is 12.4. The zero-order valence-corrected chi connectivity index (χ0v) is 18.5. The number of hydrazone groups is 1. The lowest BCUT2D eigenvalue weighted by Gasteiger charge is -2.10. The Bertz CT molecular complexity index is 1250. The van der Waals surface area contributed by atoms with E-state index in [2.05, 4.69) is 10.5 Å². The maximum absolute atomic E-state index is 12.4. The number of rotatable bonds is 7. The highest BCUT2D eigenvalue weighted by molar-refractivity contribution is 6.42. The molecule has 0 spiro atoms. The first-order valence-electron chi connectivity index (χ1n) is 9.21. The number of benzene rings is 3. The molecule has 0 fully saturated rings. The van der Waals surface area contributed by atoms with Crippen molar-refractivity contribution in [3.63, 3.8) is 0 Å². The number of esters is 1. The normalized spacial score (nSPS) is 10.6. The second-order valence-electron chi connectivity index (χ2n) is 6.43. The van der Waals surface area contributed by atoms with Crippen molar-refractivity contribution in [2.24, 2.45) is 5.10 Å². The second kappa shape index (κ2) is 10.6. The van der Waals surface area contributed by atoms with Crippen LogP contribution in [-0.2, 0) is 0 Å². The SMILES string of the molecule is COc1cc(/C=N\NC(=O)c2ccc([N+](=O)[O-])cc2)ccc1OC(=O)c1ccc(Cl)c(Cl)c1. The number of nitro groups is 1. The summed E-state index contributed by atoms with van der Waals surface area (Å²) in [4.78, 5) is 34.6. The Labute approximate surface area is 197 Å². The number of carbonyl (C=O) groups is 2. The van der Waals surface area contributed by atoms with Crippen LogP contribution in [0.4, 0.5) is 5.69 Å². The van der Waals surface area contributed by atoms with Crippen molar-refractivity contribution in [3.05, 3.63) is 97.5 Å². The van der Waals surface area contributed by atoms with Gasteiger partial charge in [0.25, 0.3) is 11.6 Å². The van der Waals surface area contributed by atoms with Gasteiger partial charge in [-0.15, -0.1) is 0 Å². The van der Waals surface area contributed by atoms with E-state index in [1.165, 1.54) is 61.9 Å². The first kappa shape index (κ1) is 23.7. The third-order valence-electron chi connectivity index (χ3n) is 4.27. The minimum atomic E-state index is -0.649. The Morgan fingerprint density at radius 3 is 2.30 bits per heavy atom. The van der Waals surface area contributed by atoms with Gasteiger partial charge in [-0.2, -0.15) is 5.10 Å². The van der Waals surface area contributed by atoms with Crippen LogP contribution in [0.1, 0.15) is 26.3 Å². The van der Waals surface area contributed by atoms with Gasteiger partial charge in [0.2, 0.25) is 0 Å². The van der Waals surface area contributed by atoms with Crippen LogP contribution in [0, 0.1) is 10.1 Å². The van der Waals surface area contributed by atoms with Gasteiger partial charge in [-0.05, 0) is 54.1 Å². The third kappa shape index (κ3) is 6.06. The first-order valence-corrected chi connectivity index (χ1v) is 9.97. The number of amides is 1. The summed E-state index contributed by atoms with van der Waals surface area (Å²) in [5, 5.41) is 15.1. The number of ether oxygens (including phenoxy) is 2. The molecule has 0 aliphatic carbocycles. The van der Waals surface area contributed by atoms with Gasteiger partial charge in [-0.1, -0.05) is 23.2 Å². The van der Waals surface area contributed by atoms with Crippen molar-refractivity contribution in [1.82, 2.24) is 5.43 Å². The van der Waals surface area contributed by atoms with Crippen LogP contribution in [0.25, 0.3) is 0 Å². The zero-order chi connectivity index (χ0) is 24.0. The molecule has 11 heteroatoms. The van der Waals surface area contributed by atoms with E-state index in [4.69, 9.17) is 32.7 Å². The monoisotopic (exact) mass is 487 g/mol. The van der Waals surface area contributed by atoms with Gasteiger partial charge >= 0.3 is 5.97 Å². The number of non-ortho nitro benzene ring substituents is 1. The number of hydrogen-bond acceptors (Lipinski definition) is 7. The predicted octanol–water partition coefficient (Wildman–Crippen LogP) is 4.89. The molecule has 0 unspecified atom stereocenters. The molecule has 0 aliphatic heterocycles. The minimum Gasteiger partial charge on any atom is -0.493 e. The topological polar surface area (TPSA) is 120 Å². The number of halogens is 2. The molecule has 0 radical (unpaired) electrons. The third-order valence-corrected chi connectivity index (χ3v) is 5.00. The largest absolute Gasteiger partial charge is 0.493 e. The lowest BCUT2D eigenvalue weighted by Crippen LogP contribution is -2.17. The summed E-state index contributed by atoms with van der Waals surface area (Å²) in [7, 11) is 1.41. The molecule has 0 saturated carbocycles. The van der Waals surface area contributed by atoms with Crippen molar-refractivity contribution >= 4 is 47.0 Å². The van der Waals surface area contributed by atoms with Gasteiger partial charge in [0.15, 0.2) is 11.5 Å². The summed E-state index contributed by atoms with van der Waals surface area (Å²) in [5.74, 6) is -0.765. The van der Waals surface area contributed by atoms with Crippen molar-refractivity contribution < 1.29 is 24.0 Å². The van der Waals surface area contributed by atoms with Crippen LogP contribution in [-0.4, -0.2) is 30.1 Å². The Hall–Kier alpha value is -3.95. The van der Waals surface area contributed by atoms with Crippen LogP contribution in [0.15, 0.2) is 65.8 Å². The highest BCUT2D eigenvalue weighted by atomic mass is 35.5. The fraction of sp³-hybridized carbons (Fsp3) is 0.0455. The Balaban J connectivity index is 1.66. The molecule has 0 atom stereocenters. The van der Waals surface area contributed by atoms with Crippen molar-refractivity contribution in [2.75, 3.05) is 7.11 Å². The van der Waals surface area contributed by atoms with E-state index in [-0.39, 0.29) is 33.3 Å². The average molecular weight is 488 g/mol. The smallest absolute Gasteiger partial charge is 0.343 e. The van der Waals surface area contributed by atoms with Gasteiger partial charge < -0.3 is 9.47 Å². The highest BCUT2D eigenvalue weighted by Crippen LogP contribution is 2.29. The minimum absolute atomic E-state index is 0.123. The molecule has 0 saturated heterocycles. The quantitative estimate of drug-likeness (QED) is 0.166. The van der Waals surface area contributed by atoms with E-state index < -0.39 is 16.8 Å². The second-order valence-corrected chi connectivity index (χ2v) is 7.25. The molecule has 33 heavy (non-hydrogen) atoms. The van der Waals surface area contributed by atoms with Gasteiger partial charge in [0.1, 0.15) is 0 Å². The molecule has 0 aromatic heterocycles. The molecule has 0 aliphatic rings. The van der Waals surface area contributed by atoms with Gasteiger partial charge in [0, 0.05) is 17.7 Å². The zero-order valence-electron chi connectivity index (χ0n) is 17.0. The first-order chi connectivity index (χ1) is 15.8. The lowest BCUT2D eigenvalue weighted by molar-refractivity contribution is -0.384. The van der Waals surface area contributed by atoms with E-state index in [0.717, 1.165) is 0 Å². The summed E-state index contributed by atoms with van der Waals surface area (Å²) < 4.78 is 10.6. The summed E-state index contributed by atoms with van der Waals surface area (Å²) >= 11 is 11.8. The molecule has 0 bridgehead atoms. The molecular weight excluding hydrogens is 473 g/mol. The molecule has 3 aromatic rings. The summed E-state index contributed by atoms with van der Waals surface area (Å²) in [6.07, 6.45) is 1.36. The molecule has 168 valence electrons. The number of nitro benzene ring substituents is 1. The number of nitrogens with one attached hydrogen (secondary N) is 1. The molecule has 3 rings (SSSR count). The highest BCUT2D eigenvalue weighted by Gasteiger charge is 2.14. The summed E-state index contributed by atoms with van der Waals surface area (Å²) in [5.41, 5.74) is 3.17. The Morgan fingerprint density at radius 2 is 1.67 bits per heavy atom. The van der Waals surface area contributed by atoms with Crippen molar-refractivity contribution in [2.45, 2.75) is 0 Å². The van der Waals surface area contributed by atoms with Gasteiger partial charge in [-0.3, -0.25) is 14.9 Å². The molecule has 9 nitrogen and oxygen atoms in total. The molecule has 0 heterocycles. The maximum Gasteiger partial charge on any atom is 0.343 e. The van der Waals surface area contributed by atoms with Crippen LogP contribution >= 0.6 is 23.2 Å². The number of carbonyl (C=O) groups excluding carboxylic acids is 2. The number of nitrogens with zero attached hydrogens (tertiary/aromatic N) is 2. The van der Waals surface area contributed by atoms with E-state index >= 15 is 0 Å². The van der Waals surface area contributed by atoms with Gasteiger partial charge in [-0.25, -0.2) is 10.2 Å². The Kier molecular flexibility index (Phi) is 7.60. The van der Waals surface area contributed by atoms with Crippen molar-refractivity contribution in [1.29, 1.82) is 0 Å². The number of hydrogen-bond donors (Lipinski definition) is 1. The van der Waals surface area contributed by atoms with Crippen LogP contribution in [0.2, 0.25) is 10.0 Å². The van der Waals surface area contributed by atoms with Crippen molar-refractivity contribution in [3.8, 4) is 11.5 Å². The molecule has 1 N–H and O–H groups in total. The molecular formula is C22H15Cl2N3O6. The summed E-state index contributed by atoms with van der Waals surface area (Å²) in [6.45, 7) is 0. The summed E-state index contributed by atoms with van der Waals surface area (Å²) in [6, 6.07) is 14.1. The fourth-order valence-electron chi connectivity index (χ4n) is 2.60. The average Bonchev–Trinajstić information content (AvgIpc) is 2.81. The van der Waals surface area contributed by atoms with Crippen LogP contribution in [0.3, 0.4) is 0 Å². The van der Waals surface area contributed by atoms with Crippen LogP contribution in [0.5, 0.6) is 11.5 Å². The van der Waals surface area contributed by atoms with Crippen LogP contribution < -0.4 is 14.9 Å². The predicted molar refractivity (Wildman–Crippen MR) is 123 cm³/mol. The number of methoxy groups -OCH3 is 1. The lowest BCUT2D eigenvalue weighted by atomic mass is 10.2. The fourth-order valence-corrected chi connectivity index (χ4v) is 2.89. The van der Waals surface area contributed by atoms with Gasteiger partial charge in [0.05, 0.1) is 33.9 Å². The van der Waals surface area contributed by atoms with E-state index in [9.17, 15) is 19.7 Å². The Morgan fingerprint density at radius 1 is 0.970 bits per heavy atom. The van der Waals surface area contributed by atoms with E-state index in [0.29, 0.717) is 10.6 Å². The van der Waals surface area contributed by atoms with E-state index in [1.807, 2.05) is 0 Å². The van der Waals surface area contributed by atoms with E-state index in [1.54, 1.807) is 12.1 Å². The molecule has 1 amide bonds.